The van der Waals surface area contributed by atoms with Gasteiger partial charge in [0.1, 0.15) is 5.78 Å². The molecule has 2 heteroatoms. The van der Waals surface area contributed by atoms with Gasteiger partial charge in [-0.3, -0.25) is 9.69 Å². The number of Topliss-reactive ketones (excluding diaryl/α,β-unsaturated/α-hetero) is 1. The van der Waals surface area contributed by atoms with Gasteiger partial charge in [0, 0.05) is 12.0 Å². The molecule has 3 fully saturated rings. The maximum atomic E-state index is 12.3. The molecular formula is C16H27NO. The molecule has 0 aromatic carbocycles. The van der Waals surface area contributed by atoms with E-state index in [2.05, 4.69) is 4.90 Å². The molecule has 2 atom stereocenters. The Balaban J connectivity index is 1.58. The molecular weight excluding hydrogens is 222 g/mol. The molecule has 18 heavy (non-hydrogen) atoms. The van der Waals surface area contributed by atoms with Crippen LogP contribution < -0.4 is 0 Å². The summed E-state index contributed by atoms with van der Waals surface area (Å²) in [5, 5.41) is 0. The molecule has 3 aliphatic rings. The summed E-state index contributed by atoms with van der Waals surface area (Å²) in [6, 6.07) is 0.748. The second kappa shape index (κ2) is 5.73. The number of nitrogens with zero attached hydrogens (tertiary/aromatic N) is 1. The molecule has 0 aromatic rings. The molecule has 102 valence electrons. The quantitative estimate of drug-likeness (QED) is 0.764. The first kappa shape index (κ1) is 12.7. The largest absolute Gasteiger partial charge is 0.298 e. The summed E-state index contributed by atoms with van der Waals surface area (Å²) in [6.07, 6.45) is 13.2. The fourth-order valence-corrected chi connectivity index (χ4v) is 4.50. The maximum Gasteiger partial charge on any atom is 0.149 e. The molecule has 0 bridgehead atoms. The van der Waals surface area contributed by atoms with E-state index in [9.17, 15) is 4.79 Å². The van der Waals surface area contributed by atoms with Crippen molar-refractivity contribution in [2.45, 2.75) is 70.3 Å². The minimum Gasteiger partial charge on any atom is -0.298 e. The summed E-state index contributed by atoms with van der Waals surface area (Å²) in [6.45, 7) is 1.95. The first-order valence-electron chi connectivity index (χ1n) is 8.11. The van der Waals surface area contributed by atoms with Crippen molar-refractivity contribution in [3.63, 3.8) is 0 Å². The van der Waals surface area contributed by atoms with E-state index in [0.717, 1.165) is 18.5 Å². The SMILES string of the molecule is O=C(CN1CCC[C@H]2CCCC[C@H]21)C1CCCC1. The van der Waals surface area contributed by atoms with Crippen molar-refractivity contribution < 1.29 is 4.79 Å². The summed E-state index contributed by atoms with van der Waals surface area (Å²) < 4.78 is 0. The van der Waals surface area contributed by atoms with Crippen molar-refractivity contribution in [2.75, 3.05) is 13.1 Å². The van der Waals surface area contributed by atoms with E-state index in [1.165, 1.54) is 70.8 Å². The second-order valence-electron chi connectivity index (χ2n) is 6.67. The Morgan fingerprint density at radius 3 is 2.39 bits per heavy atom. The highest BCUT2D eigenvalue weighted by atomic mass is 16.1. The van der Waals surface area contributed by atoms with Gasteiger partial charge in [0.2, 0.25) is 0 Å². The zero-order valence-corrected chi connectivity index (χ0v) is 11.6. The number of carbonyl (C=O) groups excluding carboxylic acids is 1. The highest BCUT2D eigenvalue weighted by Crippen LogP contribution is 2.35. The van der Waals surface area contributed by atoms with Crippen molar-refractivity contribution in [2.24, 2.45) is 11.8 Å². The Kier molecular flexibility index (Phi) is 4.03. The topological polar surface area (TPSA) is 20.3 Å². The lowest BCUT2D eigenvalue weighted by Crippen LogP contribution is -2.49. The second-order valence-corrected chi connectivity index (χ2v) is 6.67. The molecule has 0 amide bonds. The van der Waals surface area contributed by atoms with Gasteiger partial charge in [-0.25, -0.2) is 0 Å². The molecule has 0 radical (unpaired) electrons. The number of piperidine rings is 1. The third-order valence-electron chi connectivity index (χ3n) is 5.53. The molecule has 0 N–H and O–H groups in total. The lowest BCUT2D eigenvalue weighted by molar-refractivity contribution is -0.125. The van der Waals surface area contributed by atoms with Gasteiger partial charge in [0.15, 0.2) is 0 Å². The van der Waals surface area contributed by atoms with Gasteiger partial charge in [-0.15, -0.1) is 0 Å². The highest BCUT2D eigenvalue weighted by molar-refractivity contribution is 5.83. The van der Waals surface area contributed by atoms with E-state index in [1.54, 1.807) is 0 Å². The Labute approximate surface area is 111 Å². The van der Waals surface area contributed by atoms with Crippen molar-refractivity contribution in [3.8, 4) is 0 Å². The molecule has 0 unspecified atom stereocenters. The fourth-order valence-electron chi connectivity index (χ4n) is 4.50. The van der Waals surface area contributed by atoms with Crippen molar-refractivity contribution in [3.05, 3.63) is 0 Å². The number of rotatable bonds is 3. The molecule has 1 aliphatic heterocycles. The summed E-state index contributed by atoms with van der Waals surface area (Å²) in [5.41, 5.74) is 0. The van der Waals surface area contributed by atoms with E-state index in [1.807, 2.05) is 0 Å². The van der Waals surface area contributed by atoms with Crippen LogP contribution in [0.25, 0.3) is 0 Å². The fraction of sp³-hybridized carbons (Fsp3) is 0.938. The number of carbonyl (C=O) groups is 1. The van der Waals surface area contributed by atoms with Gasteiger partial charge in [-0.2, -0.15) is 0 Å². The average Bonchev–Trinajstić information content (AvgIpc) is 2.93. The molecule has 1 saturated heterocycles. The van der Waals surface area contributed by atoms with Crippen LogP contribution in [0, 0.1) is 11.8 Å². The molecule has 2 nitrogen and oxygen atoms in total. The minimum atomic E-state index is 0.411. The lowest BCUT2D eigenvalue weighted by atomic mass is 9.78. The van der Waals surface area contributed by atoms with Crippen LogP contribution in [0.15, 0.2) is 0 Å². The molecule has 1 heterocycles. The third kappa shape index (κ3) is 2.64. The van der Waals surface area contributed by atoms with Gasteiger partial charge < -0.3 is 0 Å². The summed E-state index contributed by atoms with van der Waals surface area (Å²) in [7, 11) is 0. The number of hydrogen-bond donors (Lipinski definition) is 0. The van der Waals surface area contributed by atoms with Crippen LogP contribution in [0.4, 0.5) is 0 Å². The van der Waals surface area contributed by atoms with Crippen LogP contribution in [0.2, 0.25) is 0 Å². The Morgan fingerprint density at radius 2 is 1.56 bits per heavy atom. The number of fused-ring (bicyclic) bond motifs is 1. The zero-order valence-electron chi connectivity index (χ0n) is 11.6. The highest BCUT2D eigenvalue weighted by Gasteiger charge is 2.35. The van der Waals surface area contributed by atoms with Gasteiger partial charge in [-0.05, 0) is 51.0 Å². The van der Waals surface area contributed by atoms with Crippen LogP contribution in [0.5, 0.6) is 0 Å². The first-order chi connectivity index (χ1) is 8.84. The van der Waals surface area contributed by atoms with Crippen LogP contribution >= 0.6 is 0 Å². The number of likely N-dealkylation sites (tertiary alicyclic amines) is 1. The molecule has 3 rings (SSSR count). The Morgan fingerprint density at radius 1 is 0.889 bits per heavy atom. The smallest absolute Gasteiger partial charge is 0.149 e. The maximum absolute atomic E-state index is 12.3. The first-order valence-corrected chi connectivity index (χ1v) is 8.11. The van der Waals surface area contributed by atoms with Crippen LogP contribution in [-0.2, 0) is 4.79 Å². The third-order valence-corrected chi connectivity index (χ3v) is 5.53. The van der Waals surface area contributed by atoms with E-state index < -0.39 is 0 Å². The van der Waals surface area contributed by atoms with Gasteiger partial charge in [0.05, 0.1) is 6.54 Å². The Bertz CT molecular complexity index is 293. The normalized spacial score (nSPS) is 34.4. The molecule has 2 aliphatic carbocycles. The van der Waals surface area contributed by atoms with Gasteiger partial charge in [-0.1, -0.05) is 25.7 Å². The van der Waals surface area contributed by atoms with Crippen molar-refractivity contribution in [1.82, 2.24) is 4.90 Å². The van der Waals surface area contributed by atoms with E-state index >= 15 is 0 Å². The Hall–Kier alpha value is -0.370. The summed E-state index contributed by atoms with van der Waals surface area (Å²) in [5.74, 6) is 1.87. The van der Waals surface area contributed by atoms with E-state index in [4.69, 9.17) is 0 Å². The lowest BCUT2D eigenvalue weighted by Gasteiger charge is -2.44. The summed E-state index contributed by atoms with van der Waals surface area (Å²) in [4.78, 5) is 14.9. The monoisotopic (exact) mass is 249 g/mol. The predicted molar refractivity (Wildman–Crippen MR) is 73.5 cm³/mol. The average molecular weight is 249 g/mol. The van der Waals surface area contributed by atoms with Gasteiger partial charge >= 0.3 is 0 Å². The molecule has 0 aromatic heterocycles. The van der Waals surface area contributed by atoms with Crippen molar-refractivity contribution in [1.29, 1.82) is 0 Å². The zero-order chi connectivity index (χ0) is 12.4. The number of hydrogen-bond acceptors (Lipinski definition) is 2. The van der Waals surface area contributed by atoms with Crippen molar-refractivity contribution >= 4 is 5.78 Å². The standard InChI is InChI=1S/C16H27NO/c18-16(14-7-1-2-8-14)12-17-11-5-9-13-6-3-4-10-15(13)17/h13-15H,1-12H2/t13-,15-/m1/s1. The van der Waals surface area contributed by atoms with E-state index in [-0.39, 0.29) is 0 Å². The number of ketones is 1. The van der Waals surface area contributed by atoms with Crippen LogP contribution in [0.1, 0.15) is 64.2 Å². The molecule has 2 saturated carbocycles. The van der Waals surface area contributed by atoms with Crippen LogP contribution in [0.3, 0.4) is 0 Å². The van der Waals surface area contributed by atoms with Crippen LogP contribution in [-0.4, -0.2) is 29.8 Å². The molecule has 0 spiro atoms. The van der Waals surface area contributed by atoms with Gasteiger partial charge in [0.25, 0.3) is 0 Å². The predicted octanol–water partition coefficient (Wildman–Crippen LogP) is 3.40. The minimum absolute atomic E-state index is 0.411. The van der Waals surface area contributed by atoms with E-state index in [0.29, 0.717) is 11.7 Å². The summed E-state index contributed by atoms with van der Waals surface area (Å²) >= 11 is 0.